The van der Waals surface area contributed by atoms with Crippen LogP contribution in [0.25, 0.3) is 0 Å². The van der Waals surface area contributed by atoms with Gasteiger partial charge in [0.05, 0.1) is 37.1 Å². The molecule has 0 aromatic carbocycles. The van der Waals surface area contributed by atoms with Gasteiger partial charge in [-0.2, -0.15) is 5.10 Å². The highest BCUT2D eigenvalue weighted by Crippen LogP contribution is 2.49. The van der Waals surface area contributed by atoms with E-state index in [1.165, 1.54) is 0 Å². The third kappa shape index (κ3) is 4.90. The van der Waals surface area contributed by atoms with Gasteiger partial charge in [-0.1, -0.05) is 13.8 Å². The van der Waals surface area contributed by atoms with Crippen LogP contribution < -0.4 is 0 Å². The van der Waals surface area contributed by atoms with Gasteiger partial charge in [0.2, 0.25) is 17.7 Å². The van der Waals surface area contributed by atoms with E-state index in [2.05, 4.69) is 20.2 Å². The van der Waals surface area contributed by atoms with Crippen LogP contribution in [0.1, 0.15) is 72.9 Å². The number of morpholine rings is 1. The molecule has 11 heteroatoms. The second-order valence-corrected chi connectivity index (χ2v) is 10.8. The fraction of sp³-hybridized carbons (Fsp3) is 0.720. The lowest BCUT2D eigenvalue weighted by molar-refractivity contribution is -0.136. The summed E-state index contributed by atoms with van der Waals surface area (Å²) in [5.41, 5.74) is 1.43. The van der Waals surface area contributed by atoms with Gasteiger partial charge >= 0.3 is 0 Å². The van der Waals surface area contributed by atoms with E-state index in [-0.39, 0.29) is 29.2 Å². The number of ether oxygens (including phenoxy) is 1. The normalized spacial score (nSPS) is 22.6. The van der Waals surface area contributed by atoms with Crippen molar-refractivity contribution in [2.24, 2.45) is 12.5 Å². The molecule has 1 unspecified atom stereocenters. The van der Waals surface area contributed by atoms with Crippen molar-refractivity contribution >= 4 is 11.8 Å². The molecule has 3 aliphatic heterocycles. The number of carbonyl (C=O) groups excluding carboxylic acids is 2. The molecule has 2 amide bonds. The molecule has 0 saturated carbocycles. The highest BCUT2D eigenvalue weighted by molar-refractivity contribution is 5.95. The lowest BCUT2D eigenvalue weighted by atomic mass is 9.76. The van der Waals surface area contributed by atoms with Crippen LogP contribution in [0.3, 0.4) is 0 Å². The number of aryl methyl sites for hydroxylation is 2. The number of rotatable bonds is 5. The Morgan fingerprint density at radius 2 is 1.83 bits per heavy atom. The average Bonchev–Trinajstić information content (AvgIpc) is 3.57. The first-order chi connectivity index (χ1) is 17.2. The predicted molar refractivity (Wildman–Crippen MR) is 130 cm³/mol. The van der Waals surface area contributed by atoms with Crippen LogP contribution in [0.2, 0.25) is 0 Å². The fourth-order valence-corrected chi connectivity index (χ4v) is 5.78. The lowest BCUT2D eigenvalue weighted by Crippen LogP contribution is -2.47. The minimum absolute atomic E-state index is 0.00316. The maximum Gasteiger partial charge on any atom is 0.257 e. The van der Waals surface area contributed by atoms with Crippen molar-refractivity contribution in [1.82, 2.24) is 34.7 Å². The molecule has 0 N–H and O–H groups in total. The Bertz CT molecular complexity index is 1100. The summed E-state index contributed by atoms with van der Waals surface area (Å²) >= 11 is 0. The molecule has 2 aromatic rings. The monoisotopic (exact) mass is 499 g/mol. The van der Waals surface area contributed by atoms with Crippen molar-refractivity contribution in [2.75, 3.05) is 52.5 Å². The summed E-state index contributed by atoms with van der Waals surface area (Å²) in [7, 11) is 1.84. The van der Waals surface area contributed by atoms with Crippen molar-refractivity contribution < 1.29 is 18.7 Å². The predicted octanol–water partition coefficient (Wildman–Crippen LogP) is 1.76. The van der Waals surface area contributed by atoms with Gasteiger partial charge < -0.3 is 19.0 Å². The van der Waals surface area contributed by atoms with Crippen LogP contribution in [0.4, 0.5) is 0 Å². The minimum atomic E-state index is -0.0993. The van der Waals surface area contributed by atoms with Crippen molar-refractivity contribution in [3.05, 3.63) is 29.2 Å². The molecule has 5 heterocycles. The van der Waals surface area contributed by atoms with Crippen LogP contribution in [-0.2, 0) is 16.6 Å². The lowest BCUT2D eigenvalue weighted by Gasteiger charge is -2.39. The second-order valence-electron chi connectivity index (χ2n) is 10.8. The van der Waals surface area contributed by atoms with Crippen LogP contribution >= 0.6 is 0 Å². The Labute approximate surface area is 211 Å². The van der Waals surface area contributed by atoms with Gasteiger partial charge in [-0.15, -0.1) is 10.2 Å². The molecular formula is C25H37N7O4. The first-order valence-corrected chi connectivity index (χ1v) is 13.0. The third-order valence-corrected chi connectivity index (χ3v) is 7.90. The Hall–Kier alpha value is -2.79. The van der Waals surface area contributed by atoms with Gasteiger partial charge in [-0.25, -0.2) is 0 Å². The number of hydrogen-bond donors (Lipinski definition) is 0. The summed E-state index contributed by atoms with van der Waals surface area (Å²) < 4.78 is 13.2. The molecule has 0 radical (unpaired) electrons. The number of piperidine rings is 1. The maximum absolute atomic E-state index is 13.1. The summed E-state index contributed by atoms with van der Waals surface area (Å²) in [5.74, 6) is 1.52. The summed E-state index contributed by atoms with van der Waals surface area (Å²) in [6.07, 6.45) is 4.40. The molecule has 0 bridgehead atoms. The van der Waals surface area contributed by atoms with E-state index in [1.807, 2.05) is 37.6 Å². The summed E-state index contributed by atoms with van der Waals surface area (Å²) in [5, 5.41) is 13.0. The van der Waals surface area contributed by atoms with E-state index in [0.29, 0.717) is 63.3 Å². The van der Waals surface area contributed by atoms with E-state index >= 15 is 0 Å². The van der Waals surface area contributed by atoms with E-state index in [9.17, 15) is 9.59 Å². The smallest absolute Gasteiger partial charge is 0.257 e. The number of hydrogen-bond acceptors (Lipinski definition) is 8. The highest BCUT2D eigenvalue weighted by Gasteiger charge is 2.49. The van der Waals surface area contributed by atoms with Crippen molar-refractivity contribution in [1.29, 1.82) is 0 Å². The standard InChI is InChI=1S/C25H37N7O4/c1-17(2)22-26-27-23(36-22)20-13-25(16-32(20)15-21(33)30-9-11-35-12-10-30)5-7-31(8-6-25)24(34)19-14-29(4)28-18(19)3/h14,17,20H,5-13,15-16H2,1-4H3. The van der Waals surface area contributed by atoms with E-state index < -0.39 is 0 Å². The molecule has 3 fully saturated rings. The molecule has 11 nitrogen and oxygen atoms in total. The molecule has 2 aromatic heterocycles. The zero-order chi connectivity index (χ0) is 25.4. The number of carbonyl (C=O) groups is 2. The van der Waals surface area contributed by atoms with E-state index in [4.69, 9.17) is 9.15 Å². The molecule has 36 heavy (non-hydrogen) atoms. The number of likely N-dealkylation sites (tertiary alicyclic amines) is 2. The van der Waals surface area contributed by atoms with Crippen LogP contribution in [-0.4, -0.2) is 99.0 Å². The first kappa shape index (κ1) is 24.9. The third-order valence-electron chi connectivity index (χ3n) is 7.90. The van der Waals surface area contributed by atoms with Crippen LogP contribution in [0.15, 0.2) is 10.6 Å². The summed E-state index contributed by atoms with van der Waals surface area (Å²) in [6, 6.07) is -0.0993. The Balaban J connectivity index is 1.31. The van der Waals surface area contributed by atoms with Gasteiger partial charge in [0.25, 0.3) is 5.91 Å². The van der Waals surface area contributed by atoms with Crippen molar-refractivity contribution in [3.63, 3.8) is 0 Å². The average molecular weight is 500 g/mol. The van der Waals surface area contributed by atoms with Crippen molar-refractivity contribution in [2.45, 2.75) is 52.0 Å². The molecule has 1 atom stereocenters. The first-order valence-electron chi connectivity index (χ1n) is 13.0. The largest absolute Gasteiger partial charge is 0.423 e. The molecular weight excluding hydrogens is 462 g/mol. The zero-order valence-corrected chi connectivity index (χ0v) is 21.8. The van der Waals surface area contributed by atoms with Gasteiger partial charge in [-0.3, -0.25) is 19.2 Å². The van der Waals surface area contributed by atoms with E-state index in [0.717, 1.165) is 31.5 Å². The Morgan fingerprint density at radius 1 is 1.11 bits per heavy atom. The molecule has 5 rings (SSSR count). The molecule has 196 valence electrons. The Kier molecular flexibility index (Phi) is 6.86. The molecule has 3 saturated heterocycles. The van der Waals surface area contributed by atoms with Crippen LogP contribution in [0, 0.1) is 12.3 Å². The maximum atomic E-state index is 13.1. The topological polar surface area (TPSA) is 110 Å². The zero-order valence-electron chi connectivity index (χ0n) is 21.8. The van der Waals surface area contributed by atoms with Gasteiger partial charge in [0, 0.05) is 51.9 Å². The number of amides is 2. The molecule has 3 aliphatic rings. The summed E-state index contributed by atoms with van der Waals surface area (Å²) in [4.78, 5) is 32.3. The number of nitrogens with zero attached hydrogens (tertiary/aromatic N) is 7. The minimum Gasteiger partial charge on any atom is -0.423 e. The highest BCUT2D eigenvalue weighted by atomic mass is 16.5. The number of aromatic nitrogens is 4. The SMILES string of the molecule is Cc1nn(C)cc1C(=O)N1CCC2(CC1)CC(c1nnc(C(C)C)o1)N(CC(=O)N1CCOCC1)C2. The quantitative estimate of drug-likeness (QED) is 0.612. The fourth-order valence-electron chi connectivity index (χ4n) is 5.78. The van der Waals surface area contributed by atoms with Crippen molar-refractivity contribution in [3.8, 4) is 0 Å². The van der Waals surface area contributed by atoms with Gasteiger partial charge in [0.15, 0.2) is 0 Å². The Morgan fingerprint density at radius 3 is 2.44 bits per heavy atom. The van der Waals surface area contributed by atoms with E-state index in [1.54, 1.807) is 10.9 Å². The second kappa shape index (κ2) is 9.93. The van der Waals surface area contributed by atoms with Crippen LogP contribution in [0.5, 0.6) is 0 Å². The molecule has 0 aliphatic carbocycles. The van der Waals surface area contributed by atoms with Gasteiger partial charge in [-0.05, 0) is 31.6 Å². The summed E-state index contributed by atoms with van der Waals surface area (Å²) in [6.45, 7) is 10.8. The molecule has 1 spiro atoms. The van der Waals surface area contributed by atoms with Gasteiger partial charge in [0.1, 0.15) is 0 Å².